The molecule has 0 bridgehead atoms. The Labute approximate surface area is 107 Å². The summed E-state index contributed by atoms with van der Waals surface area (Å²) in [4.78, 5) is 22.8. The quantitative estimate of drug-likeness (QED) is 0.705. The predicted molar refractivity (Wildman–Crippen MR) is 66.4 cm³/mol. The maximum Gasteiger partial charge on any atom is 0.408 e. The van der Waals surface area contributed by atoms with Crippen LogP contribution in [0.4, 0.5) is 4.79 Å². The van der Waals surface area contributed by atoms with Gasteiger partial charge in [0.15, 0.2) is 0 Å². The van der Waals surface area contributed by atoms with Gasteiger partial charge in [0, 0.05) is 6.04 Å². The molecule has 6 heteroatoms. The molecule has 0 aromatic carbocycles. The Bertz CT molecular complexity index is 306. The number of hydrogen-bond acceptors (Lipinski definition) is 4. The van der Waals surface area contributed by atoms with Crippen LogP contribution in [0, 0.1) is 0 Å². The molecule has 3 N–H and O–H groups in total. The molecule has 2 unspecified atom stereocenters. The van der Waals surface area contributed by atoms with E-state index in [-0.39, 0.29) is 6.04 Å². The van der Waals surface area contributed by atoms with Crippen molar-refractivity contribution < 1.29 is 19.4 Å². The molecule has 0 saturated carbocycles. The lowest BCUT2D eigenvalue weighted by Crippen LogP contribution is -2.56. The fourth-order valence-corrected chi connectivity index (χ4v) is 1.93. The summed E-state index contributed by atoms with van der Waals surface area (Å²) >= 11 is 0. The van der Waals surface area contributed by atoms with Crippen molar-refractivity contribution in [2.24, 2.45) is 0 Å². The van der Waals surface area contributed by atoms with E-state index in [1.165, 1.54) is 0 Å². The second-order valence-electron chi connectivity index (χ2n) is 5.52. The maximum atomic E-state index is 11.6. The van der Waals surface area contributed by atoms with Crippen LogP contribution in [0.2, 0.25) is 0 Å². The summed E-state index contributed by atoms with van der Waals surface area (Å²) < 4.78 is 5.07. The number of nitrogens with one attached hydrogen (secondary N) is 2. The first-order valence-electron chi connectivity index (χ1n) is 6.25. The molecule has 0 aromatic heterocycles. The molecule has 1 heterocycles. The molecule has 104 valence electrons. The average Bonchev–Trinajstić information content (AvgIpc) is 2.24. The van der Waals surface area contributed by atoms with Crippen LogP contribution in [0.1, 0.15) is 40.0 Å². The van der Waals surface area contributed by atoms with Gasteiger partial charge in [-0.25, -0.2) is 9.59 Å². The van der Waals surface area contributed by atoms with Gasteiger partial charge in [-0.2, -0.15) is 0 Å². The lowest BCUT2D eigenvalue weighted by molar-refractivity contribution is -0.140. The van der Waals surface area contributed by atoms with Gasteiger partial charge in [0.25, 0.3) is 0 Å². The predicted octanol–water partition coefficient (Wildman–Crippen LogP) is 1.11. The van der Waals surface area contributed by atoms with Gasteiger partial charge in [0.05, 0.1) is 0 Å². The van der Waals surface area contributed by atoms with Crippen molar-refractivity contribution in [1.29, 1.82) is 0 Å². The maximum absolute atomic E-state index is 11.6. The van der Waals surface area contributed by atoms with Gasteiger partial charge in [-0.1, -0.05) is 6.42 Å². The number of aliphatic carboxylic acids is 1. The van der Waals surface area contributed by atoms with E-state index in [0.717, 1.165) is 25.8 Å². The molecule has 0 radical (unpaired) electrons. The number of ether oxygens (including phenoxy) is 1. The third-order valence-electron chi connectivity index (χ3n) is 2.69. The van der Waals surface area contributed by atoms with E-state index in [4.69, 9.17) is 9.84 Å². The molecule has 1 fully saturated rings. The van der Waals surface area contributed by atoms with Gasteiger partial charge in [0.1, 0.15) is 11.6 Å². The van der Waals surface area contributed by atoms with E-state index < -0.39 is 23.7 Å². The van der Waals surface area contributed by atoms with Gasteiger partial charge in [0.2, 0.25) is 0 Å². The number of carbonyl (C=O) groups excluding carboxylic acids is 1. The third kappa shape index (κ3) is 4.91. The van der Waals surface area contributed by atoms with Crippen molar-refractivity contribution in [1.82, 2.24) is 10.6 Å². The number of carboxylic acid groups (broad SMARTS) is 1. The summed E-state index contributed by atoms with van der Waals surface area (Å²) in [6.07, 6.45) is 2.06. The van der Waals surface area contributed by atoms with Crippen molar-refractivity contribution in [2.75, 3.05) is 6.54 Å². The molecule has 18 heavy (non-hydrogen) atoms. The van der Waals surface area contributed by atoms with Gasteiger partial charge < -0.3 is 20.5 Å². The summed E-state index contributed by atoms with van der Waals surface area (Å²) in [6.45, 7) is 5.99. The van der Waals surface area contributed by atoms with E-state index in [9.17, 15) is 9.59 Å². The van der Waals surface area contributed by atoms with Crippen LogP contribution in [0.25, 0.3) is 0 Å². The van der Waals surface area contributed by atoms with E-state index in [2.05, 4.69) is 10.6 Å². The largest absolute Gasteiger partial charge is 0.480 e. The van der Waals surface area contributed by atoms with Crippen molar-refractivity contribution in [3.8, 4) is 0 Å². The second kappa shape index (κ2) is 6.04. The number of piperidine rings is 1. The monoisotopic (exact) mass is 258 g/mol. The molecule has 0 spiro atoms. The molecule has 2 atom stereocenters. The van der Waals surface area contributed by atoms with Crippen LogP contribution in [0.15, 0.2) is 0 Å². The van der Waals surface area contributed by atoms with Crippen LogP contribution < -0.4 is 10.6 Å². The zero-order chi connectivity index (χ0) is 13.8. The highest BCUT2D eigenvalue weighted by molar-refractivity contribution is 5.80. The number of alkyl carbamates (subject to hydrolysis) is 1. The van der Waals surface area contributed by atoms with Crippen molar-refractivity contribution in [2.45, 2.75) is 57.7 Å². The normalized spacial score (nSPS) is 22.1. The van der Waals surface area contributed by atoms with E-state index >= 15 is 0 Å². The zero-order valence-electron chi connectivity index (χ0n) is 11.2. The Morgan fingerprint density at radius 1 is 1.39 bits per heavy atom. The van der Waals surface area contributed by atoms with E-state index in [1.54, 1.807) is 20.8 Å². The minimum absolute atomic E-state index is 0.233. The lowest BCUT2D eigenvalue weighted by atomic mass is 9.98. The van der Waals surface area contributed by atoms with Crippen molar-refractivity contribution >= 4 is 12.1 Å². The van der Waals surface area contributed by atoms with Crippen molar-refractivity contribution in [3.05, 3.63) is 0 Å². The molecule has 1 rings (SSSR count). The first kappa shape index (κ1) is 14.8. The molecular formula is C12H22N2O4. The smallest absolute Gasteiger partial charge is 0.408 e. The third-order valence-corrected chi connectivity index (χ3v) is 2.69. The average molecular weight is 258 g/mol. The molecule has 1 aliphatic rings. The first-order chi connectivity index (χ1) is 8.29. The number of hydrogen-bond donors (Lipinski definition) is 3. The number of amides is 1. The summed E-state index contributed by atoms with van der Waals surface area (Å²) in [5.41, 5.74) is -0.632. The first-order valence-corrected chi connectivity index (χ1v) is 6.25. The van der Waals surface area contributed by atoms with Gasteiger partial charge in [-0.3, -0.25) is 0 Å². The molecule has 0 aromatic rings. The van der Waals surface area contributed by atoms with Gasteiger partial charge in [-0.05, 0) is 40.2 Å². The summed E-state index contributed by atoms with van der Waals surface area (Å²) in [7, 11) is 0. The van der Waals surface area contributed by atoms with Crippen LogP contribution in [0.3, 0.4) is 0 Å². The molecule has 6 nitrogen and oxygen atoms in total. The molecule has 1 saturated heterocycles. The van der Waals surface area contributed by atoms with Gasteiger partial charge >= 0.3 is 12.1 Å². The second-order valence-corrected chi connectivity index (χ2v) is 5.52. The summed E-state index contributed by atoms with van der Waals surface area (Å²) in [5, 5.41) is 14.7. The Kier molecular flexibility index (Phi) is 4.95. The number of carbonyl (C=O) groups is 2. The fourth-order valence-electron chi connectivity index (χ4n) is 1.93. The standard InChI is InChI=1S/C12H22N2O4/c1-12(2,3)18-11(17)14-9(10(15)16)8-6-4-5-7-13-8/h8-9,13H,4-7H2,1-3H3,(H,14,17)(H,15,16). The van der Waals surface area contributed by atoms with Crippen LogP contribution in [0.5, 0.6) is 0 Å². The Morgan fingerprint density at radius 3 is 2.50 bits per heavy atom. The molecular weight excluding hydrogens is 236 g/mol. The highest BCUT2D eigenvalue weighted by Gasteiger charge is 2.31. The van der Waals surface area contributed by atoms with E-state index in [1.807, 2.05) is 0 Å². The van der Waals surface area contributed by atoms with Gasteiger partial charge in [-0.15, -0.1) is 0 Å². The Balaban J connectivity index is 2.57. The van der Waals surface area contributed by atoms with Crippen LogP contribution in [-0.2, 0) is 9.53 Å². The SMILES string of the molecule is CC(C)(C)OC(=O)NC(C(=O)O)C1CCCCN1. The number of carboxylic acids is 1. The fraction of sp³-hybridized carbons (Fsp3) is 0.833. The summed E-state index contributed by atoms with van der Waals surface area (Å²) in [6, 6.07) is -1.18. The molecule has 0 aliphatic carbocycles. The Morgan fingerprint density at radius 2 is 2.06 bits per heavy atom. The topological polar surface area (TPSA) is 87.7 Å². The van der Waals surface area contributed by atoms with Crippen molar-refractivity contribution in [3.63, 3.8) is 0 Å². The highest BCUT2D eigenvalue weighted by Crippen LogP contribution is 2.12. The number of rotatable bonds is 3. The molecule has 1 aliphatic heterocycles. The highest BCUT2D eigenvalue weighted by atomic mass is 16.6. The summed E-state index contributed by atoms with van der Waals surface area (Å²) in [5.74, 6) is -1.04. The van der Waals surface area contributed by atoms with E-state index in [0.29, 0.717) is 0 Å². The lowest BCUT2D eigenvalue weighted by Gasteiger charge is -2.30. The Hall–Kier alpha value is -1.30. The minimum Gasteiger partial charge on any atom is -0.480 e. The molecule has 1 amide bonds. The van der Waals surface area contributed by atoms with Crippen LogP contribution >= 0.6 is 0 Å². The van der Waals surface area contributed by atoms with Crippen LogP contribution in [-0.4, -0.2) is 41.4 Å². The minimum atomic E-state index is -1.04. The zero-order valence-corrected chi connectivity index (χ0v) is 11.2.